The molecule has 0 saturated heterocycles. The number of nitrogens with one attached hydrogen (secondary N) is 2. The lowest BCUT2D eigenvalue weighted by molar-refractivity contribution is 0.223. The van der Waals surface area contributed by atoms with Gasteiger partial charge >= 0.3 is 0 Å². The van der Waals surface area contributed by atoms with Gasteiger partial charge in [-0.25, -0.2) is 9.98 Å². The van der Waals surface area contributed by atoms with Crippen molar-refractivity contribution in [1.82, 2.24) is 15.6 Å². The first-order valence-electron chi connectivity index (χ1n) is 8.66. The summed E-state index contributed by atoms with van der Waals surface area (Å²) < 4.78 is 11.5. The van der Waals surface area contributed by atoms with Gasteiger partial charge in [-0.2, -0.15) is 0 Å². The molecule has 1 aromatic heterocycles. The minimum atomic E-state index is 0. The number of benzene rings is 1. The molecule has 0 aliphatic rings. The molecule has 1 atom stereocenters. The van der Waals surface area contributed by atoms with Crippen molar-refractivity contribution in [3.8, 4) is 5.75 Å². The van der Waals surface area contributed by atoms with Gasteiger partial charge in [0.25, 0.3) is 0 Å². The first-order valence-corrected chi connectivity index (χ1v) is 8.66. The lowest BCUT2D eigenvalue weighted by atomic mass is 10.2. The van der Waals surface area contributed by atoms with Gasteiger partial charge in [0.1, 0.15) is 24.2 Å². The Balaban J connectivity index is 0.00000338. The number of nitrogens with zero attached hydrogens (tertiary/aromatic N) is 2. The van der Waals surface area contributed by atoms with Crippen LogP contribution in [-0.2, 0) is 6.54 Å². The molecule has 1 heterocycles. The number of aliphatic imine (C=N–C) groups is 1. The first kappa shape index (κ1) is 22.3. The Labute approximate surface area is 172 Å². The third-order valence-electron chi connectivity index (χ3n) is 3.67. The number of oxazole rings is 1. The van der Waals surface area contributed by atoms with Crippen LogP contribution < -0.4 is 15.4 Å². The maximum absolute atomic E-state index is 5.93. The highest BCUT2D eigenvalue weighted by molar-refractivity contribution is 14.0. The number of halogens is 1. The highest BCUT2D eigenvalue weighted by atomic mass is 127. The number of rotatable bonds is 7. The molecule has 2 N–H and O–H groups in total. The van der Waals surface area contributed by atoms with Crippen molar-refractivity contribution in [3.63, 3.8) is 0 Å². The summed E-state index contributed by atoms with van der Waals surface area (Å²) in [4.78, 5) is 8.86. The summed E-state index contributed by atoms with van der Waals surface area (Å²) in [7, 11) is 0. The molecule has 1 unspecified atom stereocenters. The number of ether oxygens (including phenoxy) is 1. The van der Waals surface area contributed by atoms with Gasteiger partial charge in [0.2, 0.25) is 5.89 Å². The van der Waals surface area contributed by atoms with Gasteiger partial charge in [-0.05, 0) is 52.3 Å². The minimum Gasteiger partial charge on any atom is -0.489 e. The maximum atomic E-state index is 5.93. The molecule has 0 saturated carbocycles. The van der Waals surface area contributed by atoms with E-state index < -0.39 is 0 Å². The number of guanidine groups is 1. The van der Waals surface area contributed by atoms with E-state index in [2.05, 4.69) is 33.6 Å². The highest BCUT2D eigenvalue weighted by Crippen LogP contribution is 2.14. The summed E-state index contributed by atoms with van der Waals surface area (Å²) in [6.45, 7) is 11.8. The van der Waals surface area contributed by atoms with Gasteiger partial charge in [-0.15, -0.1) is 24.0 Å². The van der Waals surface area contributed by atoms with Gasteiger partial charge in [-0.1, -0.05) is 12.1 Å². The molecule has 26 heavy (non-hydrogen) atoms. The fraction of sp³-hybridized carbons (Fsp3) is 0.474. The Kier molecular flexibility index (Phi) is 9.47. The Morgan fingerprint density at radius 1 is 1.27 bits per heavy atom. The molecule has 0 bridgehead atoms. The van der Waals surface area contributed by atoms with Crippen molar-refractivity contribution in [3.05, 3.63) is 47.2 Å². The topological polar surface area (TPSA) is 71.7 Å². The Bertz CT molecular complexity index is 696. The number of aryl methyl sites for hydroxylation is 3. The molecule has 0 radical (unpaired) electrons. The van der Waals surface area contributed by atoms with Crippen LogP contribution in [-0.4, -0.2) is 30.1 Å². The lowest BCUT2D eigenvalue weighted by Gasteiger charge is -2.17. The van der Waals surface area contributed by atoms with Crippen LogP contribution in [0.5, 0.6) is 5.75 Å². The molecule has 1 aromatic carbocycles. The maximum Gasteiger partial charge on any atom is 0.216 e. The van der Waals surface area contributed by atoms with Crippen LogP contribution in [0.15, 0.2) is 33.7 Å². The second-order valence-corrected chi connectivity index (χ2v) is 6.07. The van der Waals surface area contributed by atoms with Crippen LogP contribution in [0.25, 0.3) is 0 Å². The normalized spacial score (nSPS) is 12.3. The standard InChI is InChI=1S/C19H28N4O2.HI/c1-6-20-19(22-12-18-23-15(4)16(5)25-18)21-11-14(3)24-17-9-7-8-13(2)10-17;/h7-10,14H,6,11-12H2,1-5H3,(H2,20,21,22);1H. The molecule has 144 valence electrons. The molecule has 6 nitrogen and oxygen atoms in total. The summed E-state index contributed by atoms with van der Waals surface area (Å²) >= 11 is 0. The number of aromatic nitrogens is 1. The van der Waals surface area contributed by atoms with E-state index >= 15 is 0 Å². The van der Waals surface area contributed by atoms with Crippen LogP contribution in [0.1, 0.15) is 36.8 Å². The average molecular weight is 472 g/mol. The highest BCUT2D eigenvalue weighted by Gasteiger charge is 2.08. The average Bonchev–Trinajstić information content (AvgIpc) is 2.88. The third-order valence-corrected chi connectivity index (χ3v) is 3.67. The van der Waals surface area contributed by atoms with Crippen molar-refractivity contribution < 1.29 is 9.15 Å². The zero-order valence-electron chi connectivity index (χ0n) is 16.1. The molecular weight excluding hydrogens is 443 g/mol. The monoisotopic (exact) mass is 472 g/mol. The fourth-order valence-corrected chi connectivity index (χ4v) is 2.30. The van der Waals surface area contributed by atoms with E-state index in [4.69, 9.17) is 9.15 Å². The summed E-state index contributed by atoms with van der Waals surface area (Å²) in [5.74, 6) is 3.05. The zero-order chi connectivity index (χ0) is 18.2. The second kappa shape index (κ2) is 11.1. The summed E-state index contributed by atoms with van der Waals surface area (Å²) in [6.07, 6.45) is 0.0110. The molecule has 0 aliphatic carbocycles. The number of hydrogen-bond donors (Lipinski definition) is 2. The van der Waals surface area contributed by atoms with Crippen LogP contribution in [0.2, 0.25) is 0 Å². The Morgan fingerprint density at radius 2 is 2.04 bits per heavy atom. The largest absolute Gasteiger partial charge is 0.489 e. The van der Waals surface area contributed by atoms with Crippen LogP contribution in [0.4, 0.5) is 0 Å². The predicted molar refractivity (Wildman–Crippen MR) is 115 cm³/mol. The molecule has 2 rings (SSSR count). The predicted octanol–water partition coefficient (Wildman–Crippen LogP) is 3.74. The van der Waals surface area contributed by atoms with E-state index in [9.17, 15) is 0 Å². The molecule has 0 fully saturated rings. The number of hydrogen-bond acceptors (Lipinski definition) is 4. The van der Waals surface area contributed by atoms with Crippen molar-refractivity contribution in [2.24, 2.45) is 4.99 Å². The summed E-state index contributed by atoms with van der Waals surface area (Å²) in [5.41, 5.74) is 2.09. The second-order valence-electron chi connectivity index (χ2n) is 6.07. The van der Waals surface area contributed by atoms with Crippen LogP contribution in [0.3, 0.4) is 0 Å². The van der Waals surface area contributed by atoms with E-state index in [1.165, 1.54) is 5.56 Å². The molecule has 0 amide bonds. The quantitative estimate of drug-likeness (QED) is 0.365. The van der Waals surface area contributed by atoms with Gasteiger partial charge in [0, 0.05) is 6.54 Å². The zero-order valence-corrected chi connectivity index (χ0v) is 18.5. The Morgan fingerprint density at radius 3 is 2.65 bits per heavy atom. The van der Waals surface area contributed by atoms with Gasteiger partial charge in [0.15, 0.2) is 5.96 Å². The SMILES string of the molecule is CCNC(=NCc1nc(C)c(C)o1)NCC(C)Oc1cccc(C)c1.I. The molecule has 0 aliphatic heterocycles. The van der Waals surface area contributed by atoms with E-state index in [0.29, 0.717) is 19.0 Å². The summed E-state index contributed by atoms with van der Waals surface area (Å²) in [5, 5.41) is 6.51. The van der Waals surface area contributed by atoms with E-state index in [-0.39, 0.29) is 30.1 Å². The van der Waals surface area contributed by atoms with Crippen LogP contribution >= 0.6 is 24.0 Å². The summed E-state index contributed by atoms with van der Waals surface area (Å²) in [6, 6.07) is 8.05. The Hall–Kier alpha value is -1.77. The van der Waals surface area contributed by atoms with E-state index in [0.717, 1.165) is 29.7 Å². The molecule has 0 spiro atoms. The van der Waals surface area contributed by atoms with Gasteiger partial charge < -0.3 is 19.8 Å². The lowest BCUT2D eigenvalue weighted by Crippen LogP contribution is -2.41. The molecule has 2 aromatic rings. The fourth-order valence-electron chi connectivity index (χ4n) is 2.30. The smallest absolute Gasteiger partial charge is 0.216 e. The molecule has 7 heteroatoms. The van der Waals surface area contributed by atoms with Crippen LogP contribution in [0, 0.1) is 20.8 Å². The molecular formula is C19H29IN4O2. The van der Waals surface area contributed by atoms with Crippen molar-refractivity contribution in [2.45, 2.75) is 47.3 Å². The minimum absolute atomic E-state index is 0. The van der Waals surface area contributed by atoms with Gasteiger partial charge in [-0.3, -0.25) is 0 Å². The van der Waals surface area contributed by atoms with Gasteiger partial charge in [0.05, 0.1) is 12.2 Å². The van der Waals surface area contributed by atoms with E-state index in [1.807, 2.05) is 45.9 Å². The van der Waals surface area contributed by atoms with Crippen molar-refractivity contribution in [2.75, 3.05) is 13.1 Å². The van der Waals surface area contributed by atoms with Crippen molar-refractivity contribution >= 4 is 29.9 Å². The van der Waals surface area contributed by atoms with Crippen molar-refractivity contribution in [1.29, 1.82) is 0 Å². The third kappa shape index (κ3) is 7.23. The first-order chi connectivity index (χ1) is 12.0. The van der Waals surface area contributed by atoms with E-state index in [1.54, 1.807) is 0 Å².